The van der Waals surface area contributed by atoms with Crippen molar-refractivity contribution in [1.29, 1.82) is 0 Å². The Labute approximate surface area is 183 Å². The van der Waals surface area contributed by atoms with Gasteiger partial charge in [-0.2, -0.15) is 0 Å². The molecule has 1 amide bonds. The third kappa shape index (κ3) is 5.50. The van der Waals surface area contributed by atoms with Gasteiger partial charge >= 0.3 is 0 Å². The second kappa shape index (κ2) is 9.46. The molecule has 168 valence electrons. The first-order valence-electron chi connectivity index (χ1n) is 10.7. The zero-order chi connectivity index (χ0) is 21.8. The van der Waals surface area contributed by atoms with Crippen LogP contribution >= 0.6 is 0 Å². The van der Waals surface area contributed by atoms with Crippen molar-refractivity contribution in [2.75, 3.05) is 52.1 Å². The third-order valence-electron chi connectivity index (χ3n) is 6.09. The molecule has 9 nitrogen and oxygen atoms in total. The molecule has 1 aromatic carbocycles. The average Bonchev–Trinajstić information content (AvgIpc) is 3.27. The topological polar surface area (TPSA) is 99.9 Å². The minimum absolute atomic E-state index is 0.0700. The molecule has 0 saturated carbocycles. The summed E-state index contributed by atoms with van der Waals surface area (Å²) in [6.07, 6.45) is 3.11. The molecule has 2 aliphatic rings. The minimum Gasteiger partial charge on any atom is -0.421 e. The van der Waals surface area contributed by atoms with Crippen molar-refractivity contribution in [3.05, 3.63) is 36.2 Å². The summed E-state index contributed by atoms with van der Waals surface area (Å²) in [7, 11) is -3.17. The standard InChI is InChI=1S/C21H29N5O4S/c1-31(28,29)26-11-7-18(8-12-26)21(27)25-15-13-24(14-16-25)10-9-19-22-23-20(30-19)17-5-3-2-4-6-17/h2-6,18H,7-16H2,1H3. The normalized spacial score (nSPS) is 19.6. The van der Waals surface area contributed by atoms with E-state index in [0.29, 0.717) is 57.2 Å². The van der Waals surface area contributed by atoms with Gasteiger partial charge in [-0.15, -0.1) is 10.2 Å². The minimum atomic E-state index is -3.17. The number of aromatic nitrogens is 2. The van der Waals surface area contributed by atoms with Crippen LogP contribution in [0.15, 0.2) is 34.7 Å². The fraction of sp³-hybridized carbons (Fsp3) is 0.571. The van der Waals surface area contributed by atoms with Crippen molar-refractivity contribution < 1.29 is 17.6 Å². The van der Waals surface area contributed by atoms with Crippen molar-refractivity contribution >= 4 is 15.9 Å². The first kappa shape index (κ1) is 21.9. The average molecular weight is 448 g/mol. The van der Waals surface area contributed by atoms with Gasteiger partial charge < -0.3 is 9.32 Å². The predicted molar refractivity (Wildman–Crippen MR) is 116 cm³/mol. The molecule has 0 aliphatic carbocycles. The SMILES string of the molecule is CS(=O)(=O)N1CCC(C(=O)N2CCN(CCc3nnc(-c4ccccc4)o3)CC2)CC1. The maximum absolute atomic E-state index is 12.8. The van der Waals surface area contributed by atoms with E-state index in [1.807, 2.05) is 35.2 Å². The molecular weight excluding hydrogens is 418 g/mol. The quantitative estimate of drug-likeness (QED) is 0.654. The summed E-state index contributed by atoms with van der Waals surface area (Å²) in [5, 5.41) is 8.28. The Morgan fingerprint density at radius 3 is 2.35 bits per heavy atom. The van der Waals surface area contributed by atoms with Crippen molar-refractivity contribution in [1.82, 2.24) is 24.3 Å². The molecule has 10 heteroatoms. The van der Waals surface area contributed by atoms with Crippen LogP contribution in [0.2, 0.25) is 0 Å². The Morgan fingerprint density at radius 2 is 1.71 bits per heavy atom. The van der Waals surface area contributed by atoms with Gasteiger partial charge in [-0.1, -0.05) is 18.2 Å². The van der Waals surface area contributed by atoms with E-state index in [4.69, 9.17) is 4.42 Å². The van der Waals surface area contributed by atoms with Crippen LogP contribution in [0.4, 0.5) is 0 Å². The molecule has 2 saturated heterocycles. The highest BCUT2D eigenvalue weighted by Gasteiger charge is 2.32. The van der Waals surface area contributed by atoms with Crippen molar-refractivity contribution in [3.63, 3.8) is 0 Å². The van der Waals surface area contributed by atoms with Crippen LogP contribution in [0.25, 0.3) is 11.5 Å². The van der Waals surface area contributed by atoms with Crippen LogP contribution in [0.1, 0.15) is 18.7 Å². The van der Waals surface area contributed by atoms with Gasteiger partial charge in [0.05, 0.1) is 6.26 Å². The molecule has 2 aromatic rings. The van der Waals surface area contributed by atoms with Gasteiger partial charge in [0.1, 0.15) is 0 Å². The van der Waals surface area contributed by atoms with E-state index in [9.17, 15) is 13.2 Å². The Kier molecular flexibility index (Phi) is 6.68. The summed E-state index contributed by atoms with van der Waals surface area (Å²) in [5.41, 5.74) is 0.913. The van der Waals surface area contributed by atoms with Crippen LogP contribution < -0.4 is 0 Å². The van der Waals surface area contributed by atoms with Gasteiger partial charge in [0, 0.05) is 63.7 Å². The van der Waals surface area contributed by atoms with E-state index in [1.54, 1.807) is 0 Å². The number of hydrogen-bond donors (Lipinski definition) is 0. The Balaban J connectivity index is 1.21. The van der Waals surface area contributed by atoms with E-state index in [0.717, 1.165) is 25.2 Å². The number of hydrogen-bond acceptors (Lipinski definition) is 7. The lowest BCUT2D eigenvalue weighted by molar-refractivity contribution is -0.138. The van der Waals surface area contributed by atoms with Gasteiger partial charge in [0.25, 0.3) is 0 Å². The monoisotopic (exact) mass is 447 g/mol. The van der Waals surface area contributed by atoms with Crippen molar-refractivity contribution in [3.8, 4) is 11.5 Å². The van der Waals surface area contributed by atoms with Crippen LogP contribution in [0, 0.1) is 5.92 Å². The summed E-state index contributed by atoms with van der Waals surface area (Å²) in [4.78, 5) is 17.1. The molecule has 0 bridgehead atoms. The van der Waals surface area contributed by atoms with E-state index < -0.39 is 10.0 Å². The highest BCUT2D eigenvalue weighted by molar-refractivity contribution is 7.88. The molecule has 4 rings (SSSR count). The Morgan fingerprint density at radius 1 is 1.03 bits per heavy atom. The van der Waals surface area contributed by atoms with Crippen molar-refractivity contribution in [2.45, 2.75) is 19.3 Å². The molecule has 0 radical (unpaired) electrons. The first-order valence-corrected chi connectivity index (χ1v) is 12.6. The number of rotatable bonds is 6. The van der Waals surface area contributed by atoms with Crippen molar-refractivity contribution in [2.24, 2.45) is 5.92 Å². The molecule has 0 N–H and O–H groups in total. The zero-order valence-electron chi connectivity index (χ0n) is 17.8. The van der Waals surface area contributed by atoms with E-state index in [-0.39, 0.29) is 11.8 Å². The molecule has 1 aromatic heterocycles. The number of amides is 1. The van der Waals surface area contributed by atoms with Crippen LogP contribution in [0.3, 0.4) is 0 Å². The highest BCUT2D eigenvalue weighted by atomic mass is 32.2. The lowest BCUT2D eigenvalue weighted by Crippen LogP contribution is -2.52. The lowest BCUT2D eigenvalue weighted by Gasteiger charge is -2.38. The van der Waals surface area contributed by atoms with E-state index in [2.05, 4.69) is 15.1 Å². The number of piperazine rings is 1. The first-order chi connectivity index (χ1) is 14.9. The second-order valence-corrected chi connectivity index (χ2v) is 10.2. The zero-order valence-corrected chi connectivity index (χ0v) is 18.6. The number of nitrogens with zero attached hydrogens (tertiary/aromatic N) is 5. The summed E-state index contributed by atoms with van der Waals surface area (Å²) < 4.78 is 30.5. The van der Waals surface area contributed by atoms with Crippen LogP contribution in [0.5, 0.6) is 0 Å². The smallest absolute Gasteiger partial charge is 0.247 e. The number of sulfonamides is 1. The Hall–Kier alpha value is -2.30. The molecule has 0 unspecified atom stereocenters. The fourth-order valence-electron chi connectivity index (χ4n) is 4.19. The van der Waals surface area contributed by atoms with E-state index >= 15 is 0 Å². The third-order valence-corrected chi connectivity index (χ3v) is 7.39. The fourth-order valence-corrected chi connectivity index (χ4v) is 5.06. The van der Waals surface area contributed by atoms with E-state index in [1.165, 1.54) is 10.6 Å². The molecular formula is C21H29N5O4S. The lowest BCUT2D eigenvalue weighted by atomic mass is 9.96. The largest absolute Gasteiger partial charge is 0.421 e. The number of piperidine rings is 1. The number of carbonyl (C=O) groups is 1. The molecule has 0 spiro atoms. The summed E-state index contributed by atoms with van der Waals surface area (Å²) in [6, 6.07) is 9.71. The predicted octanol–water partition coefficient (Wildman–Crippen LogP) is 1.09. The number of carbonyl (C=O) groups excluding carboxylic acids is 1. The van der Waals surface area contributed by atoms with Gasteiger partial charge in [-0.05, 0) is 25.0 Å². The van der Waals surface area contributed by atoms with Crippen LogP contribution in [-0.4, -0.2) is 90.7 Å². The molecule has 2 aliphatic heterocycles. The molecule has 3 heterocycles. The van der Waals surface area contributed by atoms with Gasteiger partial charge in [0.2, 0.25) is 27.7 Å². The molecule has 2 fully saturated rings. The second-order valence-electron chi connectivity index (χ2n) is 8.22. The maximum Gasteiger partial charge on any atom is 0.247 e. The summed E-state index contributed by atoms with van der Waals surface area (Å²) in [5.74, 6) is 1.25. The highest BCUT2D eigenvalue weighted by Crippen LogP contribution is 2.22. The molecule has 31 heavy (non-hydrogen) atoms. The number of benzene rings is 1. The summed E-state index contributed by atoms with van der Waals surface area (Å²) in [6.45, 7) is 4.70. The van der Waals surface area contributed by atoms with Gasteiger partial charge in [-0.3, -0.25) is 9.69 Å². The maximum atomic E-state index is 12.8. The van der Waals surface area contributed by atoms with Crippen LogP contribution in [-0.2, 0) is 21.2 Å². The molecule has 0 atom stereocenters. The van der Waals surface area contributed by atoms with Gasteiger partial charge in [-0.25, -0.2) is 12.7 Å². The van der Waals surface area contributed by atoms with Gasteiger partial charge in [0.15, 0.2) is 0 Å². The Bertz CT molecular complexity index is 978. The summed E-state index contributed by atoms with van der Waals surface area (Å²) >= 11 is 0.